The number of carbonyl (C=O) groups is 1. The van der Waals surface area contributed by atoms with Crippen LogP contribution in [0.2, 0.25) is 0 Å². The van der Waals surface area contributed by atoms with Crippen molar-refractivity contribution in [1.29, 1.82) is 0 Å². The van der Waals surface area contributed by atoms with Gasteiger partial charge in [-0.15, -0.1) is 0 Å². The van der Waals surface area contributed by atoms with Gasteiger partial charge in [-0.3, -0.25) is 0 Å². The number of amides is 1. The number of hydrogen-bond donors (Lipinski definition) is 1. The molecule has 1 amide bonds. The number of carbonyl (C=O) groups excluding carboxylic acids is 1. The molecule has 74 valence electrons. The number of methoxy groups -OCH3 is 1. The largest absolute Gasteiger partial charge is 0.452 e. The molecule has 1 aromatic carbocycles. The predicted octanol–water partition coefficient (Wildman–Crippen LogP) is 1.57. The molecule has 0 radical (unpaired) electrons. The van der Waals surface area contributed by atoms with Crippen molar-refractivity contribution in [1.82, 2.24) is 5.43 Å². The van der Waals surface area contributed by atoms with E-state index in [2.05, 4.69) is 15.3 Å². The molecule has 0 fully saturated rings. The molecule has 4 heteroatoms. The van der Waals surface area contributed by atoms with Gasteiger partial charge in [0, 0.05) is 12.6 Å². The maximum absolute atomic E-state index is 10.6. The van der Waals surface area contributed by atoms with Crippen LogP contribution in [0.15, 0.2) is 35.4 Å². The Labute approximate surface area is 82.6 Å². The van der Waals surface area contributed by atoms with Gasteiger partial charge in [-0.05, 0) is 5.56 Å². The van der Waals surface area contributed by atoms with Gasteiger partial charge in [0.05, 0.1) is 7.11 Å². The molecule has 0 spiro atoms. The van der Waals surface area contributed by atoms with Crippen molar-refractivity contribution in [3.05, 3.63) is 35.9 Å². The number of hydrogen-bond acceptors (Lipinski definition) is 3. The van der Waals surface area contributed by atoms with E-state index < -0.39 is 6.09 Å². The van der Waals surface area contributed by atoms with E-state index in [9.17, 15) is 4.79 Å². The van der Waals surface area contributed by atoms with Crippen molar-refractivity contribution >= 4 is 12.3 Å². The molecule has 0 aliphatic rings. The molecule has 0 unspecified atom stereocenters. The van der Waals surface area contributed by atoms with E-state index in [1.807, 2.05) is 30.3 Å². The molecule has 0 atom stereocenters. The minimum Gasteiger partial charge on any atom is -0.452 e. The van der Waals surface area contributed by atoms with Gasteiger partial charge in [0.2, 0.25) is 0 Å². The van der Waals surface area contributed by atoms with E-state index in [-0.39, 0.29) is 0 Å². The zero-order chi connectivity index (χ0) is 10.2. The van der Waals surface area contributed by atoms with Gasteiger partial charge >= 0.3 is 6.09 Å². The molecule has 4 nitrogen and oxygen atoms in total. The van der Waals surface area contributed by atoms with Crippen molar-refractivity contribution < 1.29 is 9.53 Å². The van der Waals surface area contributed by atoms with Gasteiger partial charge < -0.3 is 4.74 Å². The fraction of sp³-hybridized carbons (Fsp3) is 0.200. The van der Waals surface area contributed by atoms with Crippen molar-refractivity contribution in [2.45, 2.75) is 6.42 Å². The van der Waals surface area contributed by atoms with Gasteiger partial charge in [-0.2, -0.15) is 5.10 Å². The summed E-state index contributed by atoms with van der Waals surface area (Å²) in [5.74, 6) is 0. The molecule has 1 aromatic rings. The van der Waals surface area contributed by atoms with Crippen molar-refractivity contribution in [3.63, 3.8) is 0 Å². The van der Waals surface area contributed by atoms with Crippen LogP contribution in [0, 0.1) is 0 Å². The fourth-order valence-electron chi connectivity index (χ4n) is 0.909. The van der Waals surface area contributed by atoms with Crippen LogP contribution < -0.4 is 5.43 Å². The molecule has 1 N–H and O–H groups in total. The van der Waals surface area contributed by atoms with Crippen molar-refractivity contribution in [3.8, 4) is 0 Å². The van der Waals surface area contributed by atoms with Gasteiger partial charge in [-0.25, -0.2) is 10.2 Å². The normalized spacial score (nSPS) is 10.1. The summed E-state index contributed by atoms with van der Waals surface area (Å²) in [6.45, 7) is 0. The number of benzene rings is 1. The molecular formula is C10H12N2O2. The van der Waals surface area contributed by atoms with Crippen LogP contribution in [0.4, 0.5) is 4.79 Å². The van der Waals surface area contributed by atoms with E-state index in [0.29, 0.717) is 6.42 Å². The molecule has 1 rings (SSSR count). The van der Waals surface area contributed by atoms with E-state index in [1.54, 1.807) is 6.21 Å². The Hall–Kier alpha value is -1.84. The van der Waals surface area contributed by atoms with Gasteiger partial charge in [0.15, 0.2) is 0 Å². The van der Waals surface area contributed by atoms with Crippen LogP contribution in [-0.2, 0) is 11.2 Å². The van der Waals surface area contributed by atoms with Crippen LogP contribution in [0.25, 0.3) is 0 Å². The minimum atomic E-state index is -0.561. The van der Waals surface area contributed by atoms with E-state index in [4.69, 9.17) is 0 Å². The smallest absolute Gasteiger partial charge is 0.427 e. The molecule has 0 aromatic heterocycles. The van der Waals surface area contributed by atoms with Crippen LogP contribution in [0.5, 0.6) is 0 Å². The Bertz CT molecular complexity index is 309. The fourth-order valence-corrected chi connectivity index (χ4v) is 0.909. The first kappa shape index (κ1) is 10.2. The lowest BCUT2D eigenvalue weighted by atomic mass is 10.2. The second-order valence-corrected chi connectivity index (χ2v) is 2.60. The molecule has 0 aliphatic heterocycles. The lowest BCUT2D eigenvalue weighted by Crippen LogP contribution is -2.16. The van der Waals surface area contributed by atoms with Gasteiger partial charge in [-0.1, -0.05) is 30.3 Å². The zero-order valence-electron chi connectivity index (χ0n) is 7.93. The highest BCUT2D eigenvalue weighted by Gasteiger charge is 1.92. The van der Waals surface area contributed by atoms with Crippen LogP contribution in [-0.4, -0.2) is 19.4 Å². The lowest BCUT2D eigenvalue weighted by Gasteiger charge is -1.96. The quantitative estimate of drug-likeness (QED) is 0.583. The minimum absolute atomic E-state index is 0.561. The SMILES string of the molecule is COC(=O)NN=CCc1ccccc1. The number of nitrogens with one attached hydrogen (secondary N) is 1. The van der Waals surface area contributed by atoms with Gasteiger partial charge in [0.25, 0.3) is 0 Å². The third-order valence-corrected chi connectivity index (χ3v) is 1.60. The average Bonchev–Trinajstić information content (AvgIpc) is 2.25. The average molecular weight is 192 g/mol. The monoisotopic (exact) mass is 192 g/mol. The Morgan fingerprint density at radius 2 is 2.21 bits per heavy atom. The number of rotatable bonds is 3. The van der Waals surface area contributed by atoms with Crippen LogP contribution in [0.1, 0.15) is 5.56 Å². The highest BCUT2D eigenvalue weighted by molar-refractivity contribution is 5.69. The maximum Gasteiger partial charge on any atom is 0.427 e. The molecule has 0 aliphatic carbocycles. The van der Waals surface area contributed by atoms with E-state index >= 15 is 0 Å². The first-order valence-corrected chi connectivity index (χ1v) is 4.22. The van der Waals surface area contributed by atoms with Crippen LogP contribution in [0.3, 0.4) is 0 Å². The van der Waals surface area contributed by atoms with Crippen molar-refractivity contribution in [2.75, 3.05) is 7.11 Å². The van der Waals surface area contributed by atoms with E-state index in [1.165, 1.54) is 7.11 Å². The number of ether oxygens (including phenoxy) is 1. The molecular weight excluding hydrogens is 180 g/mol. The second kappa shape index (κ2) is 5.75. The third-order valence-electron chi connectivity index (χ3n) is 1.60. The number of nitrogens with zero attached hydrogens (tertiary/aromatic N) is 1. The highest BCUT2D eigenvalue weighted by atomic mass is 16.5. The molecule has 0 heterocycles. The summed E-state index contributed by atoms with van der Waals surface area (Å²) < 4.78 is 4.34. The number of hydrazone groups is 1. The summed E-state index contributed by atoms with van der Waals surface area (Å²) in [4.78, 5) is 10.6. The topological polar surface area (TPSA) is 50.7 Å². The van der Waals surface area contributed by atoms with E-state index in [0.717, 1.165) is 5.56 Å². The third kappa shape index (κ3) is 3.71. The summed E-state index contributed by atoms with van der Waals surface area (Å²) >= 11 is 0. The Kier molecular flexibility index (Phi) is 4.20. The first-order valence-electron chi connectivity index (χ1n) is 4.22. The summed E-state index contributed by atoms with van der Waals surface area (Å²) in [6.07, 6.45) is 1.74. The Morgan fingerprint density at radius 1 is 1.50 bits per heavy atom. The molecule has 0 saturated heterocycles. The Balaban J connectivity index is 2.31. The molecule has 14 heavy (non-hydrogen) atoms. The van der Waals surface area contributed by atoms with Crippen LogP contribution >= 0.6 is 0 Å². The predicted molar refractivity (Wildman–Crippen MR) is 54.2 cm³/mol. The zero-order valence-corrected chi connectivity index (χ0v) is 7.93. The highest BCUT2D eigenvalue weighted by Crippen LogP contribution is 1.96. The summed E-state index contributed by atoms with van der Waals surface area (Å²) in [6, 6.07) is 9.84. The second-order valence-electron chi connectivity index (χ2n) is 2.60. The standard InChI is InChI=1S/C10H12N2O2/c1-14-10(13)12-11-8-7-9-5-3-2-4-6-9/h2-6,8H,7H2,1H3,(H,12,13). The maximum atomic E-state index is 10.6. The lowest BCUT2D eigenvalue weighted by molar-refractivity contribution is 0.171. The molecule has 0 bridgehead atoms. The molecule has 0 saturated carbocycles. The van der Waals surface area contributed by atoms with Crippen molar-refractivity contribution in [2.24, 2.45) is 5.10 Å². The summed E-state index contributed by atoms with van der Waals surface area (Å²) in [7, 11) is 1.29. The Morgan fingerprint density at radius 3 is 2.86 bits per heavy atom. The summed E-state index contributed by atoms with van der Waals surface area (Å²) in [5, 5.41) is 3.69. The summed E-state index contributed by atoms with van der Waals surface area (Å²) in [5.41, 5.74) is 3.35. The van der Waals surface area contributed by atoms with Gasteiger partial charge in [0.1, 0.15) is 0 Å². The first-order chi connectivity index (χ1) is 6.83.